The van der Waals surface area contributed by atoms with E-state index in [0.717, 1.165) is 45.1 Å². The molecule has 1 N–H and O–H groups in total. The summed E-state index contributed by atoms with van der Waals surface area (Å²) in [7, 11) is 2.01. The van der Waals surface area contributed by atoms with Crippen LogP contribution >= 0.6 is 24.8 Å². The molecule has 1 fully saturated rings. The van der Waals surface area contributed by atoms with Crippen LogP contribution in [0.1, 0.15) is 5.82 Å². The third kappa shape index (κ3) is 4.23. The van der Waals surface area contributed by atoms with Gasteiger partial charge < -0.3 is 9.47 Å². The quantitative estimate of drug-likeness (QED) is 0.806. The van der Waals surface area contributed by atoms with Crippen molar-refractivity contribution in [2.45, 2.75) is 12.6 Å². The standard InChI is InChI=1S/C14H21N5O.2ClH/c1-17-6-5-16-13(17)11-18-7-9-19(10-8-18)14(20)12-3-2-4-15-12;;/h2-3,5-6,12,15H,4,7-11H2,1H3;2*1H. The highest BCUT2D eigenvalue weighted by atomic mass is 35.5. The van der Waals surface area contributed by atoms with E-state index in [4.69, 9.17) is 0 Å². The molecule has 1 amide bonds. The maximum Gasteiger partial charge on any atom is 0.243 e. The molecule has 0 radical (unpaired) electrons. The van der Waals surface area contributed by atoms with E-state index in [9.17, 15) is 4.79 Å². The second-order valence-electron chi connectivity index (χ2n) is 5.37. The molecule has 0 spiro atoms. The molecule has 22 heavy (non-hydrogen) atoms. The fraction of sp³-hybridized carbons (Fsp3) is 0.571. The lowest BCUT2D eigenvalue weighted by Gasteiger charge is -2.35. The lowest BCUT2D eigenvalue weighted by atomic mass is 10.2. The molecule has 6 nitrogen and oxygen atoms in total. The SMILES string of the molecule is Cl.Cl.Cn1ccnc1CN1CCN(C(=O)C2C=CCN2)CC1. The summed E-state index contributed by atoms with van der Waals surface area (Å²) in [6.07, 6.45) is 7.77. The molecule has 8 heteroatoms. The number of carbonyl (C=O) groups is 1. The van der Waals surface area contributed by atoms with Crippen LogP contribution in [0.2, 0.25) is 0 Å². The summed E-state index contributed by atoms with van der Waals surface area (Å²) in [5, 5.41) is 3.18. The predicted octanol–water partition coefficient (Wildman–Crippen LogP) is 0.436. The van der Waals surface area contributed by atoms with Gasteiger partial charge in [0.1, 0.15) is 11.9 Å². The third-order valence-electron chi connectivity index (χ3n) is 4.02. The summed E-state index contributed by atoms with van der Waals surface area (Å²) in [6.45, 7) is 5.08. The fourth-order valence-corrected chi connectivity index (χ4v) is 2.71. The van der Waals surface area contributed by atoms with Gasteiger partial charge in [0.05, 0.1) is 6.54 Å². The van der Waals surface area contributed by atoms with Gasteiger partial charge in [0.15, 0.2) is 0 Å². The Morgan fingerprint density at radius 3 is 2.59 bits per heavy atom. The Morgan fingerprint density at radius 2 is 2.05 bits per heavy atom. The highest BCUT2D eigenvalue weighted by molar-refractivity contribution is 5.85. The number of amides is 1. The van der Waals surface area contributed by atoms with Crippen LogP contribution in [0.25, 0.3) is 0 Å². The molecule has 2 aliphatic heterocycles. The molecule has 3 rings (SSSR count). The number of carbonyl (C=O) groups excluding carboxylic acids is 1. The van der Waals surface area contributed by atoms with Gasteiger partial charge in [-0.05, 0) is 0 Å². The smallest absolute Gasteiger partial charge is 0.243 e. The normalized spacial score (nSPS) is 21.3. The van der Waals surface area contributed by atoms with E-state index in [-0.39, 0.29) is 36.8 Å². The molecule has 1 aromatic rings. The first kappa shape index (κ1) is 19.0. The zero-order valence-corrected chi connectivity index (χ0v) is 14.3. The zero-order chi connectivity index (χ0) is 13.9. The molecule has 0 saturated carbocycles. The van der Waals surface area contributed by atoms with Crippen LogP contribution in [0, 0.1) is 0 Å². The lowest BCUT2D eigenvalue weighted by Crippen LogP contribution is -2.52. The van der Waals surface area contributed by atoms with E-state index in [1.807, 2.05) is 41.1 Å². The Morgan fingerprint density at radius 1 is 1.32 bits per heavy atom. The van der Waals surface area contributed by atoms with Crippen LogP contribution < -0.4 is 5.32 Å². The van der Waals surface area contributed by atoms with Crippen molar-refractivity contribution in [3.05, 3.63) is 30.4 Å². The summed E-state index contributed by atoms with van der Waals surface area (Å²) in [5.74, 6) is 1.28. The van der Waals surface area contributed by atoms with Crippen molar-refractivity contribution < 1.29 is 4.79 Å². The van der Waals surface area contributed by atoms with Crippen molar-refractivity contribution in [3.8, 4) is 0 Å². The van der Waals surface area contributed by atoms with E-state index < -0.39 is 0 Å². The van der Waals surface area contributed by atoms with E-state index in [1.54, 1.807) is 0 Å². The average molecular weight is 348 g/mol. The summed E-state index contributed by atoms with van der Waals surface area (Å²) in [4.78, 5) is 20.9. The van der Waals surface area contributed by atoms with Gasteiger partial charge in [0.2, 0.25) is 5.91 Å². The number of piperazine rings is 1. The molecule has 3 heterocycles. The summed E-state index contributed by atoms with van der Waals surface area (Å²) in [6, 6.07) is -0.115. The first-order valence-electron chi connectivity index (χ1n) is 7.11. The Hall–Kier alpha value is -1.08. The maximum atomic E-state index is 12.3. The van der Waals surface area contributed by atoms with Crippen LogP contribution in [0.5, 0.6) is 0 Å². The molecule has 0 bridgehead atoms. The number of nitrogens with one attached hydrogen (secondary N) is 1. The van der Waals surface area contributed by atoms with Crippen molar-refractivity contribution in [1.29, 1.82) is 0 Å². The van der Waals surface area contributed by atoms with E-state index in [1.165, 1.54) is 0 Å². The van der Waals surface area contributed by atoms with Crippen LogP contribution in [-0.2, 0) is 18.4 Å². The maximum absolute atomic E-state index is 12.3. The number of halogens is 2. The molecular weight excluding hydrogens is 325 g/mol. The summed E-state index contributed by atoms with van der Waals surface area (Å²) < 4.78 is 2.05. The van der Waals surface area contributed by atoms with E-state index in [0.29, 0.717) is 0 Å². The van der Waals surface area contributed by atoms with Crippen LogP contribution in [-0.4, -0.2) is 64.0 Å². The Bertz CT molecular complexity index is 511. The monoisotopic (exact) mass is 347 g/mol. The molecule has 1 atom stereocenters. The van der Waals surface area contributed by atoms with Gasteiger partial charge in [-0.1, -0.05) is 12.2 Å². The number of rotatable bonds is 3. The molecule has 0 aliphatic carbocycles. The number of imidazole rings is 1. The molecule has 2 aliphatic rings. The van der Waals surface area contributed by atoms with Crippen LogP contribution in [0.3, 0.4) is 0 Å². The van der Waals surface area contributed by atoms with Crippen molar-refractivity contribution >= 4 is 30.7 Å². The molecule has 1 unspecified atom stereocenters. The second kappa shape index (κ2) is 8.53. The molecule has 124 valence electrons. The highest BCUT2D eigenvalue weighted by Gasteiger charge is 2.27. The summed E-state index contributed by atoms with van der Waals surface area (Å²) >= 11 is 0. The van der Waals surface area contributed by atoms with E-state index in [2.05, 4.69) is 15.2 Å². The first-order chi connectivity index (χ1) is 9.74. The number of nitrogens with zero attached hydrogens (tertiary/aromatic N) is 4. The van der Waals surface area contributed by atoms with Gasteiger partial charge >= 0.3 is 0 Å². The molecule has 0 aromatic carbocycles. The molecule has 1 aromatic heterocycles. The minimum atomic E-state index is -0.115. The average Bonchev–Trinajstić information content (AvgIpc) is 3.12. The fourth-order valence-electron chi connectivity index (χ4n) is 2.71. The largest absolute Gasteiger partial charge is 0.338 e. The lowest BCUT2D eigenvalue weighted by molar-refractivity contribution is -0.133. The number of hydrogen-bond donors (Lipinski definition) is 1. The van der Waals surface area contributed by atoms with E-state index >= 15 is 0 Å². The van der Waals surface area contributed by atoms with Crippen molar-refractivity contribution in [1.82, 2.24) is 24.7 Å². The van der Waals surface area contributed by atoms with Crippen molar-refractivity contribution in [2.24, 2.45) is 7.05 Å². The van der Waals surface area contributed by atoms with Crippen molar-refractivity contribution in [3.63, 3.8) is 0 Å². The summed E-state index contributed by atoms with van der Waals surface area (Å²) in [5.41, 5.74) is 0. The minimum Gasteiger partial charge on any atom is -0.338 e. The highest BCUT2D eigenvalue weighted by Crippen LogP contribution is 2.09. The van der Waals surface area contributed by atoms with Gasteiger partial charge in [-0.25, -0.2) is 4.98 Å². The van der Waals surface area contributed by atoms with Gasteiger partial charge in [-0.15, -0.1) is 24.8 Å². The topological polar surface area (TPSA) is 53.4 Å². The van der Waals surface area contributed by atoms with Gasteiger partial charge in [0.25, 0.3) is 0 Å². The second-order valence-corrected chi connectivity index (χ2v) is 5.37. The van der Waals surface area contributed by atoms with Gasteiger partial charge in [-0.3, -0.25) is 15.0 Å². The first-order valence-corrected chi connectivity index (χ1v) is 7.11. The minimum absolute atomic E-state index is 0. The predicted molar refractivity (Wildman–Crippen MR) is 90.5 cm³/mol. The number of aryl methyl sites for hydroxylation is 1. The Labute approximate surface area is 143 Å². The number of aromatic nitrogens is 2. The Kier molecular flexibility index (Phi) is 7.35. The van der Waals surface area contributed by atoms with Gasteiger partial charge in [-0.2, -0.15) is 0 Å². The Balaban J connectivity index is 0.00000121. The molecular formula is C14H23Cl2N5O. The van der Waals surface area contributed by atoms with Crippen LogP contribution in [0.4, 0.5) is 0 Å². The molecule has 1 saturated heterocycles. The third-order valence-corrected chi connectivity index (χ3v) is 4.02. The zero-order valence-electron chi connectivity index (χ0n) is 12.6. The van der Waals surface area contributed by atoms with Crippen molar-refractivity contribution in [2.75, 3.05) is 32.7 Å². The number of hydrogen-bond acceptors (Lipinski definition) is 4. The van der Waals surface area contributed by atoms with Crippen LogP contribution in [0.15, 0.2) is 24.5 Å². The van der Waals surface area contributed by atoms with Gasteiger partial charge in [0, 0.05) is 52.2 Å².